The molecule has 1 fully saturated rings. The van der Waals surface area contributed by atoms with Gasteiger partial charge in [-0.1, -0.05) is 0 Å². The third kappa shape index (κ3) is 4.45. The van der Waals surface area contributed by atoms with Crippen LogP contribution in [0.3, 0.4) is 0 Å². The van der Waals surface area contributed by atoms with Gasteiger partial charge in [0.05, 0.1) is 16.6 Å². The maximum Gasteiger partial charge on any atom is 0.416 e. The van der Waals surface area contributed by atoms with Gasteiger partial charge in [-0.3, -0.25) is 4.79 Å². The number of aryl methyl sites for hydroxylation is 1. The summed E-state index contributed by atoms with van der Waals surface area (Å²) in [6.07, 6.45) is -2.77. The predicted molar refractivity (Wildman–Crippen MR) is 112 cm³/mol. The van der Waals surface area contributed by atoms with Crippen LogP contribution < -0.4 is 9.81 Å². The highest BCUT2D eigenvalue weighted by Gasteiger charge is 2.33. The highest BCUT2D eigenvalue weighted by molar-refractivity contribution is 6.00. The second-order valence-corrected chi connectivity index (χ2v) is 7.52. The highest BCUT2D eigenvalue weighted by atomic mass is 19.4. The molecule has 32 heavy (non-hydrogen) atoms. The van der Waals surface area contributed by atoms with Crippen LogP contribution in [0, 0.1) is 6.92 Å². The first-order chi connectivity index (χ1) is 15.2. The van der Waals surface area contributed by atoms with Crippen LogP contribution in [0.4, 0.5) is 24.5 Å². The number of amides is 1. The van der Waals surface area contributed by atoms with Crippen molar-refractivity contribution < 1.29 is 23.1 Å². The second kappa shape index (κ2) is 8.39. The number of carbonyl (C=O) groups excluding carboxylic acids is 1. The zero-order valence-corrected chi connectivity index (χ0v) is 17.1. The molecule has 3 aromatic rings. The first-order valence-corrected chi connectivity index (χ1v) is 9.95. The van der Waals surface area contributed by atoms with Crippen molar-refractivity contribution in [1.29, 1.82) is 0 Å². The number of nitrogens with zero attached hydrogens (tertiary/aromatic N) is 5. The number of carbonyl (C=O) groups is 1. The average Bonchev–Trinajstić information content (AvgIpc) is 3.27. The van der Waals surface area contributed by atoms with Crippen molar-refractivity contribution in [3.63, 3.8) is 0 Å². The van der Waals surface area contributed by atoms with E-state index in [4.69, 9.17) is 0 Å². The summed E-state index contributed by atoms with van der Waals surface area (Å²) in [5.41, 5.74) is 1.05. The van der Waals surface area contributed by atoms with Crippen molar-refractivity contribution in [2.24, 2.45) is 10.2 Å². The summed E-state index contributed by atoms with van der Waals surface area (Å²) >= 11 is 0. The Balaban J connectivity index is 1.66. The molecule has 1 N–H and O–H groups in total. The SMILES string of the molecule is Cc1cc(O)nc2ccc(N=[N+]=NC(=O)c3cc(C(F)(F)F)ccc3N3CCCC3)cc12. The van der Waals surface area contributed by atoms with Crippen LogP contribution in [0.1, 0.15) is 34.3 Å². The largest absolute Gasteiger partial charge is 0.493 e. The molecule has 1 amide bonds. The van der Waals surface area contributed by atoms with E-state index in [9.17, 15) is 23.1 Å². The van der Waals surface area contributed by atoms with E-state index < -0.39 is 17.6 Å². The molecule has 0 aliphatic carbocycles. The van der Waals surface area contributed by atoms with Gasteiger partial charge in [0.2, 0.25) is 15.9 Å². The topological polar surface area (TPSA) is 92.2 Å². The maximum absolute atomic E-state index is 13.2. The molecule has 1 aliphatic rings. The Morgan fingerprint density at radius 3 is 2.59 bits per heavy atom. The van der Waals surface area contributed by atoms with Gasteiger partial charge in [-0.2, -0.15) is 13.2 Å². The Kier molecular flexibility index (Phi) is 5.63. The van der Waals surface area contributed by atoms with E-state index in [1.165, 1.54) is 12.1 Å². The molecule has 4 rings (SSSR count). The Morgan fingerprint density at radius 2 is 1.88 bits per heavy atom. The summed E-state index contributed by atoms with van der Waals surface area (Å²) in [7, 11) is 0. The first-order valence-electron chi connectivity index (χ1n) is 9.95. The number of fused-ring (bicyclic) bond motifs is 1. The molecule has 2 aromatic carbocycles. The Morgan fingerprint density at radius 1 is 1.12 bits per heavy atom. The minimum absolute atomic E-state index is 0.0973. The minimum atomic E-state index is -4.58. The summed E-state index contributed by atoms with van der Waals surface area (Å²) in [6.45, 7) is 3.12. The average molecular weight is 442 g/mol. The Bertz CT molecular complexity index is 1260. The van der Waals surface area contributed by atoms with Gasteiger partial charge in [0.15, 0.2) is 10.8 Å². The Labute approximate surface area is 180 Å². The first kappa shape index (κ1) is 21.5. The Hall–Kier alpha value is -3.78. The van der Waals surface area contributed by atoms with Crippen molar-refractivity contribution in [3.05, 3.63) is 59.2 Å². The number of alkyl halides is 3. The molecular weight excluding hydrogens is 423 g/mol. The van der Waals surface area contributed by atoms with E-state index in [0.717, 1.165) is 35.9 Å². The van der Waals surface area contributed by atoms with Crippen LogP contribution in [0.25, 0.3) is 10.9 Å². The number of hydrogen-bond donors (Lipinski definition) is 1. The quantitative estimate of drug-likeness (QED) is 0.439. The number of hydrogen-bond acceptors (Lipinski definition) is 5. The summed E-state index contributed by atoms with van der Waals surface area (Å²) in [6, 6.07) is 9.48. The molecule has 7 nitrogen and oxygen atoms in total. The molecule has 0 saturated carbocycles. The molecule has 0 radical (unpaired) electrons. The van der Waals surface area contributed by atoms with Crippen molar-refractivity contribution in [2.75, 3.05) is 18.0 Å². The fourth-order valence-electron chi connectivity index (χ4n) is 3.71. The van der Waals surface area contributed by atoms with Gasteiger partial charge in [0, 0.05) is 30.2 Å². The number of halogens is 3. The van der Waals surface area contributed by atoms with Crippen molar-refractivity contribution in [2.45, 2.75) is 25.9 Å². The summed E-state index contributed by atoms with van der Waals surface area (Å²) in [5.74, 6) is -0.995. The van der Waals surface area contributed by atoms with E-state index in [-0.39, 0.29) is 11.4 Å². The highest BCUT2D eigenvalue weighted by Crippen LogP contribution is 2.34. The molecule has 2 heterocycles. The van der Waals surface area contributed by atoms with Gasteiger partial charge >= 0.3 is 12.1 Å². The smallest absolute Gasteiger partial charge is 0.416 e. The molecule has 0 bridgehead atoms. The zero-order chi connectivity index (χ0) is 22.9. The fourth-order valence-corrected chi connectivity index (χ4v) is 3.71. The molecule has 1 aromatic heterocycles. The van der Waals surface area contributed by atoms with Gasteiger partial charge in [-0.05, 0) is 61.7 Å². The van der Waals surface area contributed by atoms with Crippen LogP contribution >= 0.6 is 0 Å². The van der Waals surface area contributed by atoms with Crippen LogP contribution in [0.5, 0.6) is 5.88 Å². The van der Waals surface area contributed by atoms with E-state index >= 15 is 0 Å². The van der Waals surface area contributed by atoms with Gasteiger partial charge in [-0.15, -0.1) is 0 Å². The fraction of sp³-hybridized carbons (Fsp3) is 0.273. The van der Waals surface area contributed by atoms with Gasteiger partial charge < -0.3 is 10.0 Å². The predicted octanol–water partition coefficient (Wildman–Crippen LogP) is 5.31. The standard InChI is InChI=1S/C22H18F3N5O2/c1-13-10-20(31)26-18-6-5-15(12-16(13)18)27-29-28-21(32)17-11-14(22(23,24)25)4-7-19(17)30-8-2-3-9-30/h4-7,10-12H,2-3,8-9H2,1H3/p+1. The molecule has 1 aliphatic heterocycles. The molecule has 10 heteroatoms. The summed E-state index contributed by atoms with van der Waals surface area (Å²) in [5, 5.41) is 17.7. The van der Waals surface area contributed by atoms with Crippen LogP contribution in [-0.2, 0) is 6.18 Å². The lowest BCUT2D eigenvalue weighted by Gasteiger charge is -2.20. The number of anilines is 1. The summed E-state index contributed by atoms with van der Waals surface area (Å²) in [4.78, 5) is 22.1. The van der Waals surface area contributed by atoms with Crippen molar-refractivity contribution >= 4 is 28.2 Å². The van der Waals surface area contributed by atoms with Crippen molar-refractivity contribution in [1.82, 2.24) is 9.90 Å². The normalized spacial score (nSPS) is 13.8. The molecule has 0 unspecified atom stereocenters. The lowest BCUT2D eigenvalue weighted by molar-refractivity contribution is -0.137. The molecule has 0 spiro atoms. The number of benzene rings is 2. The summed E-state index contributed by atoms with van der Waals surface area (Å²) < 4.78 is 39.5. The van der Waals surface area contributed by atoms with Crippen molar-refractivity contribution in [3.8, 4) is 5.88 Å². The van der Waals surface area contributed by atoms with Crippen LogP contribution in [0.15, 0.2) is 52.7 Å². The number of aromatic nitrogens is 1. The maximum atomic E-state index is 13.2. The van der Waals surface area contributed by atoms with Crippen LogP contribution in [0.2, 0.25) is 0 Å². The van der Waals surface area contributed by atoms with Gasteiger partial charge in [0.1, 0.15) is 0 Å². The monoisotopic (exact) mass is 442 g/mol. The van der Waals surface area contributed by atoms with Gasteiger partial charge in [-0.25, -0.2) is 4.98 Å². The number of pyridine rings is 1. The molecular formula is C22H19F3N5O2+. The van der Waals surface area contributed by atoms with E-state index in [1.807, 2.05) is 4.90 Å². The lowest BCUT2D eigenvalue weighted by atomic mass is 10.1. The third-order valence-corrected chi connectivity index (χ3v) is 5.28. The lowest BCUT2D eigenvalue weighted by Crippen LogP contribution is -2.21. The number of aromatic hydroxyl groups is 1. The van der Waals surface area contributed by atoms with E-state index in [1.54, 1.807) is 25.1 Å². The second-order valence-electron chi connectivity index (χ2n) is 7.52. The molecule has 164 valence electrons. The molecule has 0 atom stereocenters. The number of rotatable bonds is 3. The van der Waals surface area contributed by atoms with Crippen LogP contribution in [-0.4, -0.2) is 29.1 Å². The van der Waals surface area contributed by atoms with E-state index in [0.29, 0.717) is 30.0 Å². The third-order valence-electron chi connectivity index (χ3n) is 5.28. The molecule has 1 saturated heterocycles. The van der Waals surface area contributed by atoms with Gasteiger partial charge in [0.25, 0.3) is 0 Å². The zero-order valence-electron chi connectivity index (χ0n) is 17.1. The van der Waals surface area contributed by atoms with E-state index in [2.05, 4.69) is 20.1 Å². The minimum Gasteiger partial charge on any atom is -0.493 e.